The van der Waals surface area contributed by atoms with Gasteiger partial charge in [-0.3, -0.25) is 14.5 Å². The van der Waals surface area contributed by atoms with Gasteiger partial charge in [0.2, 0.25) is 0 Å². The number of anilines is 2. The zero-order valence-electron chi connectivity index (χ0n) is 24.3. The van der Waals surface area contributed by atoms with Crippen molar-refractivity contribution in [1.29, 1.82) is 0 Å². The van der Waals surface area contributed by atoms with Crippen LogP contribution >= 0.6 is 0 Å². The van der Waals surface area contributed by atoms with Crippen LogP contribution < -0.4 is 15.4 Å². The first kappa shape index (κ1) is 28.6. The maximum absolute atomic E-state index is 13.1. The van der Waals surface area contributed by atoms with E-state index >= 15 is 0 Å². The first-order chi connectivity index (χ1) is 19.7. The van der Waals surface area contributed by atoms with Gasteiger partial charge in [-0.25, -0.2) is 4.68 Å². The van der Waals surface area contributed by atoms with E-state index < -0.39 is 11.8 Å². The lowest BCUT2D eigenvalue weighted by atomic mass is 9.92. The predicted octanol–water partition coefficient (Wildman–Crippen LogP) is 5.07. The minimum atomic E-state index is -0.756. The number of allylic oxidation sites excluding steroid dienone is 4. The molecule has 2 heterocycles. The van der Waals surface area contributed by atoms with Gasteiger partial charge < -0.3 is 20.1 Å². The summed E-state index contributed by atoms with van der Waals surface area (Å²) in [5, 5.41) is 12.1. The zero-order valence-corrected chi connectivity index (χ0v) is 24.3. The molecule has 2 amide bonds. The molecule has 0 saturated carbocycles. The summed E-state index contributed by atoms with van der Waals surface area (Å²) in [6, 6.07) is 13.1. The molecule has 1 aromatic heterocycles. The summed E-state index contributed by atoms with van der Waals surface area (Å²) < 4.78 is 13.3. The van der Waals surface area contributed by atoms with E-state index in [0.29, 0.717) is 18.1 Å². The number of benzene rings is 2. The number of amides is 2. The fourth-order valence-corrected chi connectivity index (χ4v) is 5.07. The lowest BCUT2D eigenvalue weighted by Gasteiger charge is -2.26. The molecular weight excluding hydrogens is 518 g/mol. The largest absolute Gasteiger partial charge is 0.492 e. The van der Waals surface area contributed by atoms with E-state index in [9.17, 15) is 9.59 Å². The number of carbonyl (C=O) groups is 2. The Morgan fingerprint density at radius 3 is 2.51 bits per heavy atom. The molecule has 0 bridgehead atoms. The van der Waals surface area contributed by atoms with Crippen LogP contribution in [-0.4, -0.2) is 65.9 Å². The molecule has 0 spiro atoms. The summed E-state index contributed by atoms with van der Waals surface area (Å²) in [7, 11) is 0. The summed E-state index contributed by atoms with van der Waals surface area (Å²) >= 11 is 0. The summed E-state index contributed by atoms with van der Waals surface area (Å²) in [6.45, 7) is 12.9. The molecule has 0 radical (unpaired) electrons. The van der Waals surface area contributed by atoms with Gasteiger partial charge in [0.15, 0.2) is 0 Å². The number of carbonyl (C=O) groups excluding carboxylic acids is 2. The average molecular weight is 558 g/mol. The van der Waals surface area contributed by atoms with Crippen molar-refractivity contribution in [2.45, 2.75) is 45.6 Å². The van der Waals surface area contributed by atoms with Crippen molar-refractivity contribution in [2.24, 2.45) is 0 Å². The number of nitrogens with one attached hydrogen (secondary N) is 2. The van der Waals surface area contributed by atoms with Gasteiger partial charge in [-0.2, -0.15) is 5.10 Å². The number of aromatic nitrogens is 2. The first-order valence-corrected chi connectivity index (χ1v) is 14.2. The number of ether oxygens (including phenoxy) is 2. The Morgan fingerprint density at radius 1 is 1.05 bits per heavy atom. The molecule has 5 rings (SSSR count). The van der Waals surface area contributed by atoms with Crippen molar-refractivity contribution in [3.63, 3.8) is 0 Å². The SMILES string of the molecule is CC1=CC(n2nc(C(C)(C)C)cc2NC(=O)C(=O)Nc2ccc(OCCN3CCOCC3)c3ccccc23)CC=C1. The smallest absolute Gasteiger partial charge is 0.315 e. The second kappa shape index (κ2) is 12.3. The van der Waals surface area contributed by atoms with Crippen LogP contribution in [0.25, 0.3) is 10.8 Å². The van der Waals surface area contributed by atoms with Crippen LogP contribution in [0.3, 0.4) is 0 Å². The van der Waals surface area contributed by atoms with Gasteiger partial charge in [0.05, 0.1) is 24.9 Å². The van der Waals surface area contributed by atoms with Gasteiger partial charge in [-0.05, 0) is 25.5 Å². The maximum atomic E-state index is 13.1. The van der Waals surface area contributed by atoms with Crippen LogP contribution in [0.1, 0.15) is 45.9 Å². The van der Waals surface area contributed by atoms with Crippen molar-refractivity contribution < 1.29 is 19.1 Å². The molecule has 1 unspecified atom stereocenters. The van der Waals surface area contributed by atoms with Crippen LogP contribution in [-0.2, 0) is 19.7 Å². The minimum Gasteiger partial charge on any atom is -0.492 e. The summed E-state index contributed by atoms with van der Waals surface area (Å²) in [5.41, 5.74) is 2.29. The summed E-state index contributed by atoms with van der Waals surface area (Å²) in [6.07, 6.45) is 7.04. The van der Waals surface area contributed by atoms with E-state index in [1.807, 2.05) is 43.3 Å². The van der Waals surface area contributed by atoms with E-state index in [1.54, 1.807) is 10.7 Å². The molecule has 2 aliphatic rings. The highest BCUT2D eigenvalue weighted by molar-refractivity contribution is 6.44. The highest BCUT2D eigenvalue weighted by atomic mass is 16.5. The molecule has 1 atom stereocenters. The Kier molecular flexibility index (Phi) is 8.56. The molecule has 1 aliphatic carbocycles. The number of morpholine rings is 1. The molecule has 216 valence electrons. The molecular formula is C32H39N5O4. The second-order valence-electron chi connectivity index (χ2n) is 11.6. The van der Waals surface area contributed by atoms with Gasteiger partial charge in [-0.1, -0.05) is 68.8 Å². The summed E-state index contributed by atoms with van der Waals surface area (Å²) in [4.78, 5) is 28.6. The fraction of sp³-hybridized carbons (Fsp3) is 0.406. The molecule has 1 saturated heterocycles. The zero-order chi connectivity index (χ0) is 29.0. The quantitative estimate of drug-likeness (QED) is 0.394. The predicted molar refractivity (Wildman–Crippen MR) is 161 cm³/mol. The normalized spacial score (nSPS) is 17.8. The molecule has 41 heavy (non-hydrogen) atoms. The third-order valence-corrected chi connectivity index (χ3v) is 7.38. The molecule has 3 aromatic rings. The molecule has 1 fully saturated rings. The topological polar surface area (TPSA) is 97.7 Å². The van der Waals surface area contributed by atoms with E-state index in [1.165, 1.54) is 0 Å². The Morgan fingerprint density at radius 2 is 1.78 bits per heavy atom. The number of nitrogens with zero attached hydrogens (tertiary/aromatic N) is 3. The van der Waals surface area contributed by atoms with Crippen molar-refractivity contribution in [3.05, 3.63) is 72.0 Å². The third kappa shape index (κ3) is 6.86. The van der Waals surface area contributed by atoms with Gasteiger partial charge in [0.1, 0.15) is 18.2 Å². The van der Waals surface area contributed by atoms with Crippen LogP contribution in [0.2, 0.25) is 0 Å². The lowest BCUT2D eigenvalue weighted by Crippen LogP contribution is -2.38. The molecule has 9 heteroatoms. The highest BCUT2D eigenvalue weighted by Crippen LogP contribution is 2.32. The highest BCUT2D eigenvalue weighted by Gasteiger charge is 2.26. The van der Waals surface area contributed by atoms with Crippen LogP contribution in [0.5, 0.6) is 5.75 Å². The minimum absolute atomic E-state index is 0.0470. The van der Waals surface area contributed by atoms with E-state index in [2.05, 4.69) is 54.5 Å². The summed E-state index contributed by atoms with van der Waals surface area (Å²) in [5.74, 6) is -0.279. The van der Waals surface area contributed by atoms with E-state index in [0.717, 1.165) is 67.1 Å². The Hall–Kier alpha value is -3.95. The lowest BCUT2D eigenvalue weighted by molar-refractivity contribution is -0.133. The van der Waals surface area contributed by atoms with Gasteiger partial charge in [0, 0.05) is 47.6 Å². The van der Waals surface area contributed by atoms with Crippen LogP contribution in [0.15, 0.2) is 66.3 Å². The maximum Gasteiger partial charge on any atom is 0.315 e. The first-order valence-electron chi connectivity index (χ1n) is 14.2. The average Bonchev–Trinajstić information content (AvgIpc) is 3.39. The molecule has 2 aromatic carbocycles. The monoisotopic (exact) mass is 557 g/mol. The molecule has 2 N–H and O–H groups in total. The second-order valence-corrected chi connectivity index (χ2v) is 11.6. The van der Waals surface area contributed by atoms with Gasteiger partial charge in [0.25, 0.3) is 0 Å². The van der Waals surface area contributed by atoms with E-state index in [-0.39, 0.29) is 11.5 Å². The van der Waals surface area contributed by atoms with Crippen molar-refractivity contribution in [3.8, 4) is 5.75 Å². The number of hydrogen-bond donors (Lipinski definition) is 2. The van der Waals surface area contributed by atoms with Crippen LogP contribution in [0, 0.1) is 0 Å². The Labute approximate surface area is 241 Å². The molecule has 1 aliphatic heterocycles. The number of rotatable bonds is 7. The van der Waals surface area contributed by atoms with E-state index in [4.69, 9.17) is 14.6 Å². The standard InChI is InChI=1S/C32H39N5O4/c1-22-8-7-9-23(20-22)37-29(21-28(35-37)32(2,3)4)34-31(39)30(38)33-26-12-13-27(25-11-6-5-10-24(25)26)41-19-16-36-14-17-40-18-15-36/h5-8,10-13,20-21,23H,9,14-19H2,1-4H3,(H,33,38)(H,34,39). The Balaban J connectivity index is 1.30. The molecule has 9 nitrogen and oxygen atoms in total. The number of fused-ring (bicyclic) bond motifs is 1. The Bertz CT molecular complexity index is 1480. The van der Waals surface area contributed by atoms with Gasteiger partial charge in [-0.15, -0.1) is 0 Å². The van der Waals surface area contributed by atoms with Crippen molar-refractivity contribution >= 4 is 34.1 Å². The fourth-order valence-electron chi connectivity index (χ4n) is 5.07. The van der Waals surface area contributed by atoms with Crippen molar-refractivity contribution in [1.82, 2.24) is 14.7 Å². The number of hydrogen-bond acceptors (Lipinski definition) is 6. The van der Waals surface area contributed by atoms with Gasteiger partial charge >= 0.3 is 11.8 Å². The van der Waals surface area contributed by atoms with Crippen LogP contribution in [0.4, 0.5) is 11.5 Å². The van der Waals surface area contributed by atoms with Crippen molar-refractivity contribution in [2.75, 3.05) is 50.1 Å². The third-order valence-electron chi connectivity index (χ3n) is 7.38.